The predicted octanol–water partition coefficient (Wildman–Crippen LogP) is 4.68. The highest BCUT2D eigenvalue weighted by Gasteiger charge is 2.05. The van der Waals surface area contributed by atoms with Crippen LogP contribution in [0.15, 0.2) is 0 Å². The number of unbranched alkanes of at least 4 members (excludes halogenated alkanes) is 13. The van der Waals surface area contributed by atoms with Gasteiger partial charge in [-0.15, -0.1) is 0 Å². The van der Waals surface area contributed by atoms with Crippen LogP contribution in [0.4, 0.5) is 0 Å². The third-order valence-electron chi connectivity index (χ3n) is 5.28. The maximum Gasteiger partial charge on any atom is 0.149 e. The van der Waals surface area contributed by atoms with Crippen molar-refractivity contribution in [1.82, 2.24) is 4.90 Å². The average Bonchev–Trinajstić information content (AvgIpc) is 2.73. The van der Waals surface area contributed by atoms with Gasteiger partial charge in [-0.1, -0.05) is 90.4 Å². The molecule has 0 aliphatic carbocycles. The molecule has 0 bridgehead atoms. The zero-order valence-corrected chi connectivity index (χ0v) is 19.1. The van der Waals surface area contributed by atoms with Crippen molar-refractivity contribution in [2.24, 2.45) is 0 Å². The molecule has 0 unspecified atom stereocenters. The van der Waals surface area contributed by atoms with Crippen LogP contribution in [0.2, 0.25) is 0 Å². The second-order valence-electron chi connectivity index (χ2n) is 7.83. The predicted molar refractivity (Wildman–Crippen MR) is 119 cm³/mol. The molecule has 0 aromatic heterocycles. The van der Waals surface area contributed by atoms with E-state index in [4.69, 9.17) is 24.4 Å². The molecule has 0 fully saturated rings. The summed E-state index contributed by atoms with van der Waals surface area (Å²) in [4.78, 5) is 2.30. The van der Waals surface area contributed by atoms with Gasteiger partial charge in [-0.05, 0) is 13.0 Å². The fourth-order valence-electron chi connectivity index (χ4n) is 3.47. The molecule has 0 saturated carbocycles. The number of rotatable bonds is 25. The van der Waals surface area contributed by atoms with E-state index < -0.39 is 0 Å². The SMILES string of the molecule is CCCCCCCCCCCCCCCCN(CCOCO)CCOCOCO. The molecule has 0 aliphatic rings. The van der Waals surface area contributed by atoms with Crippen molar-refractivity contribution < 1.29 is 24.4 Å². The lowest BCUT2D eigenvalue weighted by Gasteiger charge is -2.22. The van der Waals surface area contributed by atoms with Gasteiger partial charge in [-0.25, -0.2) is 0 Å². The molecule has 2 N–H and O–H groups in total. The fraction of sp³-hybridized carbons (Fsp3) is 1.00. The first kappa shape index (κ1) is 28.8. The van der Waals surface area contributed by atoms with E-state index in [0.717, 1.165) is 19.6 Å². The van der Waals surface area contributed by atoms with Crippen LogP contribution < -0.4 is 0 Å². The van der Waals surface area contributed by atoms with Gasteiger partial charge >= 0.3 is 0 Å². The molecule has 0 aliphatic heterocycles. The van der Waals surface area contributed by atoms with E-state index in [-0.39, 0.29) is 20.4 Å². The van der Waals surface area contributed by atoms with E-state index in [0.29, 0.717) is 13.2 Å². The number of ether oxygens (including phenoxy) is 3. The number of aliphatic hydroxyl groups excluding tert-OH is 2. The Hall–Kier alpha value is -0.240. The van der Waals surface area contributed by atoms with Crippen LogP contribution in [-0.2, 0) is 14.2 Å². The van der Waals surface area contributed by atoms with Crippen LogP contribution in [-0.4, -0.2) is 68.3 Å². The lowest BCUT2D eigenvalue weighted by atomic mass is 10.0. The van der Waals surface area contributed by atoms with Gasteiger partial charge in [0.1, 0.15) is 20.4 Å². The lowest BCUT2D eigenvalue weighted by molar-refractivity contribution is -0.110. The maximum absolute atomic E-state index is 8.76. The Kier molecular flexibility index (Phi) is 25.6. The highest BCUT2D eigenvalue weighted by molar-refractivity contribution is 4.58. The first-order valence-electron chi connectivity index (χ1n) is 12.0. The number of aliphatic hydroxyl groups is 2. The van der Waals surface area contributed by atoms with Gasteiger partial charge < -0.3 is 24.4 Å². The summed E-state index contributed by atoms with van der Waals surface area (Å²) in [5.74, 6) is 0. The Bertz CT molecular complexity index is 294. The zero-order valence-electron chi connectivity index (χ0n) is 19.1. The summed E-state index contributed by atoms with van der Waals surface area (Å²) in [7, 11) is 0. The lowest BCUT2D eigenvalue weighted by Crippen LogP contribution is -2.32. The van der Waals surface area contributed by atoms with Crippen LogP contribution in [0.1, 0.15) is 96.8 Å². The maximum atomic E-state index is 8.76. The number of hydrogen-bond donors (Lipinski definition) is 2. The first-order chi connectivity index (χ1) is 14.3. The molecule has 6 nitrogen and oxygen atoms in total. The Morgan fingerprint density at radius 3 is 1.45 bits per heavy atom. The van der Waals surface area contributed by atoms with Gasteiger partial charge in [0.2, 0.25) is 0 Å². The Balaban J connectivity index is 3.48. The van der Waals surface area contributed by atoms with Crippen molar-refractivity contribution in [3.8, 4) is 0 Å². The van der Waals surface area contributed by atoms with Crippen LogP contribution >= 0.6 is 0 Å². The smallest absolute Gasteiger partial charge is 0.149 e. The third-order valence-corrected chi connectivity index (χ3v) is 5.28. The summed E-state index contributed by atoms with van der Waals surface area (Å²) in [6.07, 6.45) is 19.2. The van der Waals surface area contributed by atoms with Gasteiger partial charge in [-0.3, -0.25) is 4.90 Å². The van der Waals surface area contributed by atoms with Gasteiger partial charge in [0.15, 0.2) is 0 Å². The summed E-state index contributed by atoms with van der Waals surface area (Å²) in [6.45, 7) is 5.58. The Morgan fingerprint density at radius 2 is 0.966 bits per heavy atom. The molecule has 0 radical (unpaired) electrons. The molecule has 0 amide bonds. The summed E-state index contributed by atoms with van der Waals surface area (Å²) in [5, 5.41) is 17.3. The molecular formula is C23H49NO5. The molecule has 0 aromatic rings. The highest BCUT2D eigenvalue weighted by atomic mass is 16.7. The zero-order chi connectivity index (χ0) is 21.3. The van der Waals surface area contributed by atoms with Crippen LogP contribution in [0.3, 0.4) is 0 Å². The molecule has 6 heteroatoms. The summed E-state index contributed by atoms with van der Waals surface area (Å²) < 4.78 is 15.1. The van der Waals surface area contributed by atoms with Crippen molar-refractivity contribution in [3.05, 3.63) is 0 Å². The molecule has 0 atom stereocenters. The second kappa shape index (κ2) is 25.8. The summed E-state index contributed by atoms with van der Waals surface area (Å²) in [5.41, 5.74) is 0. The van der Waals surface area contributed by atoms with Gasteiger partial charge in [0.05, 0.1) is 13.2 Å². The van der Waals surface area contributed by atoms with E-state index in [1.807, 2.05) is 0 Å². The van der Waals surface area contributed by atoms with Crippen LogP contribution in [0.5, 0.6) is 0 Å². The standard InChI is InChI=1S/C23H49NO5/c1-2-3-4-5-6-7-8-9-10-11-12-13-14-15-16-24(17-19-27-21-25)18-20-28-23-29-22-26/h25-26H,2-23H2,1H3. The largest absolute Gasteiger partial charge is 0.371 e. The molecule has 0 aromatic carbocycles. The molecule has 176 valence electrons. The van der Waals surface area contributed by atoms with Gasteiger partial charge in [-0.2, -0.15) is 0 Å². The van der Waals surface area contributed by atoms with Crippen LogP contribution in [0.25, 0.3) is 0 Å². The normalized spacial score (nSPS) is 11.6. The van der Waals surface area contributed by atoms with Gasteiger partial charge in [0.25, 0.3) is 0 Å². The summed E-state index contributed by atoms with van der Waals surface area (Å²) >= 11 is 0. The number of nitrogens with zero attached hydrogens (tertiary/aromatic N) is 1. The van der Waals surface area contributed by atoms with Crippen molar-refractivity contribution in [3.63, 3.8) is 0 Å². The van der Waals surface area contributed by atoms with Crippen molar-refractivity contribution in [2.45, 2.75) is 96.8 Å². The highest BCUT2D eigenvalue weighted by Crippen LogP contribution is 2.13. The Labute approximate surface area is 179 Å². The molecule has 29 heavy (non-hydrogen) atoms. The van der Waals surface area contributed by atoms with E-state index in [2.05, 4.69) is 11.8 Å². The van der Waals surface area contributed by atoms with E-state index >= 15 is 0 Å². The second-order valence-corrected chi connectivity index (χ2v) is 7.83. The van der Waals surface area contributed by atoms with Crippen molar-refractivity contribution >= 4 is 0 Å². The van der Waals surface area contributed by atoms with E-state index in [1.54, 1.807) is 0 Å². The minimum absolute atomic E-state index is 0.121. The molecule has 0 rings (SSSR count). The molecular weight excluding hydrogens is 370 g/mol. The minimum atomic E-state index is -0.312. The van der Waals surface area contributed by atoms with Crippen LogP contribution in [0, 0.1) is 0 Å². The number of hydrogen-bond acceptors (Lipinski definition) is 6. The third kappa shape index (κ3) is 23.9. The quantitative estimate of drug-likeness (QED) is 0.165. The van der Waals surface area contributed by atoms with Gasteiger partial charge in [0, 0.05) is 13.1 Å². The van der Waals surface area contributed by atoms with E-state index in [9.17, 15) is 0 Å². The summed E-state index contributed by atoms with van der Waals surface area (Å²) in [6, 6.07) is 0. The topological polar surface area (TPSA) is 71.4 Å². The monoisotopic (exact) mass is 419 g/mol. The minimum Gasteiger partial charge on any atom is -0.371 e. The Morgan fingerprint density at radius 1 is 0.517 bits per heavy atom. The average molecular weight is 420 g/mol. The fourth-order valence-corrected chi connectivity index (χ4v) is 3.47. The molecule has 0 heterocycles. The van der Waals surface area contributed by atoms with Crippen molar-refractivity contribution in [1.29, 1.82) is 0 Å². The molecule has 0 spiro atoms. The first-order valence-corrected chi connectivity index (χ1v) is 12.0. The van der Waals surface area contributed by atoms with E-state index in [1.165, 1.54) is 89.9 Å². The molecule has 0 saturated heterocycles. The van der Waals surface area contributed by atoms with Crippen molar-refractivity contribution in [2.75, 3.05) is 53.2 Å².